The summed E-state index contributed by atoms with van der Waals surface area (Å²) in [6.45, 7) is 0.633. The molecule has 2 amide bonds. The Bertz CT molecular complexity index is 1090. The fraction of sp³-hybridized carbons (Fsp3) is 0.238. The lowest BCUT2D eigenvalue weighted by Gasteiger charge is -2.25. The Morgan fingerprint density at radius 1 is 1.16 bits per heavy atom. The lowest BCUT2D eigenvalue weighted by Crippen LogP contribution is -2.46. The summed E-state index contributed by atoms with van der Waals surface area (Å²) >= 11 is 2.54. The summed E-state index contributed by atoms with van der Waals surface area (Å²) in [5.74, 6) is 0.903. The molecule has 2 N–H and O–H groups in total. The van der Waals surface area contributed by atoms with Crippen LogP contribution < -0.4 is 24.8 Å². The fourth-order valence-corrected chi connectivity index (χ4v) is 4.34. The molecule has 1 aliphatic heterocycles. The van der Waals surface area contributed by atoms with Gasteiger partial charge in [-0.2, -0.15) is 0 Å². The van der Waals surface area contributed by atoms with Gasteiger partial charge < -0.3 is 19.5 Å². The molecule has 3 aromatic rings. The molecule has 9 nitrogen and oxygen atoms in total. The first-order valence-corrected chi connectivity index (χ1v) is 11.5. The molecule has 2 aromatic carbocycles. The zero-order valence-electron chi connectivity index (χ0n) is 17.1. The van der Waals surface area contributed by atoms with Crippen molar-refractivity contribution in [3.05, 3.63) is 54.1 Å². The number of thioether (sulfide) groups is 1. The molecule has 1 atom stereocenters. The maximum Gasteiger partial charge on any atom is 0.271 e. The highest BCUT2D eigenvalue weighted by Gasteiger charge is 2.28. The van der Waals surface area contributed by atoms with Crippen molar-refractivity contribution < 1.29 is 23.8 Å². The van der Waals surface area contributed by atoms with Gasteiger partial charge in [-0.25, -0.2) is 0 Å². The molecule has 11 heteroatoms. The summed E-state index contributed by atoms with van der Waals surface area (Å²) < 4.78 is 16.9. The molecule has 4 rings (SSSR count). The van der Waals surface area contributed by atoms with Crippen molar-refractivity contribution in [2.75, 3.05) is 24.8 Å². The van der Waals surface area contributed by atoms with Crippen molar-refractivity contribution in [3.8, 4) is 17.2 Å². The summed E-state index contributed by atoms with van der Waals surface area (Å²) in [6, 6.07) is 14.8. The largest absolute Gasteiger partial charge is 0.497 e. The predicted molar refractivity (Wildman–Crippen MR) is 120 cm³/mol. The monoisotopic (exact) mass is 472 g/mol. The average molecular weight is 473 g/mol. The quantitative estimate of drug-likeness (QED) is 0.478. The van der Waals surface area contributed by atoms with Crippen molar-refractivity contribution >= 4 is 40.0 Å². The molecule has 0 bridgehead atoms. The average Bonchev–Trinajstić information content (AvgIpc) is 3.29. The van der Waals surface area contributed by atoms with E-state index in [4.69, 9.17) is 14.2 Å². The summed E-state index contributed by atoms with van der Waals surface area (Å²) in [7, 11) is 1.63. The Labute approximate surface area is 192 Å². The van der Waals surface area contributed by atoms with Gasteiger partial charge in [-0.3, -0.25) is 14.9 Å². The van der Waals surface area contributed by atoms with Gasteiger partial charge in [0.05, 0.1) is 12.9 Å². The third-order valence-electron chi connectivity index (χ3n) is 4.40. The number of rotatable bonds is 8. The normalized spacial score (nSPS) is 14.5. The highest BCUT2D eigenvalue weighted by atomic mass is 32.2. The minimum Gasteiger partial charge on any atom is -0.497 e. The fourth-order valence-electron chi connectivity index (χ4n) is 2.79. The molecule has 0 radical (unpaired) electrons. The number of ether oxygens (including phenoxy) is 3. The number of amides is 2. The molecule has 0 spiro atoms. The van der Waals surface area contributed by atoms with Crippen LogP contribution in [-0.4, -0.2) is 47.6 Å². The Balaban J connectivity index is 1.20. The number of carbonyl (C=O) groups is 2. The van der Waals surface area contributed by atoms with E-state index in [-0.39, 0.29) is 12.4 Å². The van der Waals surface area contributed by atoms with Crippen LogP contribution in [0.3, 0.4) is 0 Å². The van der Waals surface area contributed by atoms with Gasteiger partial charge in [0.2, 0.25) is 17.1 Å². The van der Waals surface area contributed by atoms with E-state index in [1.54, 1.807) is 25.3 Å². The van der Waals surface area contributed by atoms with Gasteiger partial charge in [-0.15, -0.1) is 10.2 Å². The van der Waals surface area contributed by atoms with E-state index in [1.165, 1.54) is 23.1 Å². The van der Waals surface area contributed by atoms with Gasteiger partial charge in [0, 0.05) is 6.54 Å². The molecular weight excluding hydrogens is 452 g/mol. The van der Waals surface area contributed by atoms with Crippen molar-refractivity contribution in [2.45, 2.75) is 17.0 Å². The number of carbonyl (C=O) groups excluding carboxylic acids is 2. The van der Waals surface area contributed by atoms with Crippen molar-refractivity contribution in [1.82, 2.24) is 15.5 Å². The lowest BCUT2D eigenvalue weighted by molar-refractivity contribution is -0.135. The summed E-state index contributed by atoms with van der Waals surface area (Å²) in [5, 5.41) is 14.3. The lowest BCUT2D eigenvalue weighted by atomic mass is 10.2. The number of fused-ring (bicyclic) bond motifs is 1. The Morgan fingerprint density at radius 2 is 1.94 bits per heavy atom. The van der Waals surface area contributed by atoms with Gasteiger partial charge in [-0.05, 0) is 29.8 Å². The van der Waals surface area contributed by atoms with Gasteiger partial charge in [0.25, 0.3) is 5.91 Å². The van der Waals surface area contributed by atoms with Crippen LogP contribution in [0.15, 0.2) is 52.9 Å². The summed E-state index contributed by atoms with van der Waals surface area (Å²) in [4.78, 5) is 24.5. The first-order valence-electron chi connectivity index (χ1n) is 9.66. The number of imide groups is 1. The van der Waals surface area contributed by atoms with Crippen LogP contribution in [0.4, 0.5) is 5.13 Å². The second-order valence-corrected chi connectivity index (χ2v) is 8.84. The molecule has 32 heavy (non-hydrogen) atoms. The molecule has 0 saturated heterocycles. The zero-order valence-corrected chi connectivity index (χ0v) is 18.7. The smallest absolute Gasteiger partial charge is 0.271 e. The summed E-state index contributed by atoms with van der Waals surface area (Å²) in [5.41, 5.74) is 1.07. The van der Waals surface area contributed by atoms with Crippen LogP contribution in [0.1, 0.15) is 5.56 Å². The van der Waals surface area contributed by atoms with Crippen molar-refractivity contribution in [1.29, 1.82) is 0 Å². The predicted octanol–water partition coefficient (Wildman–Crippen LogP) is 2.73. The van der Waals surface area contributed by atoms with Gasteiger partial charge in [0.1, 0.15) is 12.4 Å². The Hall–Kier alpha value is -3.31. The minimum absolute atomic E-state index is 0.0308. The first kappa shape index (κ1) is 21.9. The van der Waals surface area contributed by atoms with Gasteiger partial charge >= 0.3 is 0 Å². The van der Waals surface area contributed by atoms with Gasteiger partial charge in [-0.1, -0.05) is 47.4 Å². The van der Waals surface area contributed by atoms with E-state index in [2.05, 4.69) is 20.8 Å². The van der Waals surface area contributed by atoms with Crippen LogP contribution in [0.5, 0.6) is 17.2 Å². The standard InChI is InChI=1S/C21H20N4O5S2/c1-28-14-8-6-13(7-9-14)10-22-20-24-25-21(32-20)31-12-18(26)23-19(27)17-11-29-15-4-2-3-5-16(15)30-17/h2-9,17H,10-12H2,1H3,(H,22,24)(H,23,26,27)/t17-/m1/s1. The summed E-state index contributed by atoms with van der Waals surface area (Å²) in [6.07, 6.45) is -0.880. The number of anilines is 1. The van der Waals surface area contributed by atoms with Gasteiger partial charge in [0.15, 0.2) is 15.8 Å². The van der Waals surface area contributed by atoms with Crippen LogP contribution in [0.25, 0.3) is 0 Å². The van der Waals surface area contributed by atoms with E-state index in [1.807, 2.05) is 30.3 Å². The van der Waals surface area contributed by atoms with E-state index >= 15 is 0 Å². The van der Waals surface area contributed by atoms with Crippen LogP contribution >= 0.6 is 23.1 Å². The van der Waals surface area contributed by atoms with Crippen molar-refractivity contribution in [2.24, 2.45) is 0 Å². The number of methoxy groups -OCH3 is 1. The van der Waals surface area contributed by atoms with E-state index in [9.17, 15) is 9.59 Å². The number of nitrogens with zero attached hydrogens (tertiary/aromatic N) is 2. The van der Waals surface area contributed by atoms with Crippen LogP contribution in [-0.2, 0) is 16.1 Å². The third kappa shape index (κ3) is 5.68. The molecule has 2 heterocycles. The zero-order chi connectivity index (χ0) is 22.3. The second kappa shape index (κ2) is 10.3. The van der Waals surface area contributed by atoms with Crippen LogP contribution in [0.2, 0.25) is 0 Å². The van der Waals surface area contributed by atoms with E-state index < -0.39 is 17.9 Å². The number of para-hydroxylation sites is 2. The van der Waals surface area contributed by atoms with E-state index in [0.29, 0.717) is 27.5 Å². The highest BCUT2D eigenvalue weighted by molar-refractivity contribution is 8.01. The molecule has 0 fully saturated rings. The highest BCUT2D eigenvalue weighted by Crippen LogP contribution is 2.31. The second-order valence-electron chi connectivity index (χ2n) is 6.64. The Kier molecular flexibility index (Phi) is 7.07. The Morgan fingerprint density at radius 3 is 2.72 bits per heavy atom. The molecule has 0 saturated carbocycles. The van der Waals surface area contributed by atoms with Crippen molar-refractivity contribution in [3.63, 3.8) is 0 Å². The third-order valence-corrected chi connectivity index (χ3v) is 6.41. The number of benzene rings is 2. The molecule has 1 aliphatic rings. The number of hydrogen-bond donors (Lipinski definition) is 2. The maximum atomic E-state index is 12.3. The molecule has 166 valence electrons. The maximum absolute atomic E-state index is 12.3. The number of aromatic nitrogens is 2. The molecule has 0 aliphatic carbocycles. The molecule has 0 unspecified atom stereocenters. The minimum atomic E-state index is -0.880. The number of nitrogens with one attached hydrogen (secondary N) is 2. The SMILES string of the molecule is COc1ccc(CNc2nnc(SCC(=O)NC(=O)[C@H]3COc4ccccc4O3)s2)cc1. The molecule has 1 aromatic heterocycles. The first-order chi connectivity index (χ1) is 15.6. The van der Waals surface area contributed by atoms with E-state index in [0.717, 1.165) is 11.3 Å². The molecular formula is C21H20N4O5S2. The topological polar surface area (TPSA) is 112 Å². The van der Waals surface area contributed by atoms with Crippen LogP contribution in [0, 0.1) is 0 Å². The number of hydrogen-bond acceptors (Lipinski definition) is 10.